The number of hydrogen-bond acceptors (Lipinski definition) is 4. The number of hydrogen-bond donors (Lipinski definition) is 0. The topological polar surface area (TPSA) is 62.6 Å². The van der Waals surface area contributed by atoms with Gasteiger partial charge in [0.1, 0.15) is 5.75 Å². The van der Waals surface area contributed by atoms with Crippen LogP contribution >= 0.6 is 0 Å². The van der Waals surface area contributed by atoms with Crippen LogP contribution < -0.4 is 4.74 Å². The number of ether oxygens (including phenoxy) is 2. The third-order valence-corrected chi connectivity index (χ3v) is 2.97. The van der Waals surface area contributed by atoms with E-state index in [0.29, 0.717) is 37.6 Å². The summed E-state index contributed by atoms with van der Waals surface area (Å²) in [5.74, 6) is 0.556. The number of carbonyl (C=O) groups excluding carboxylic acids is 1. The van der Waals surface area contributed by atoms with Gasteiger partial charge in [0, 0.05) is 13.1 Å². The van der Waals surface area contributed by atoms with Gasteiger partial charge in [0.05, 0.1) is 24.8 Å². The van der Waals surface area contributed by atoms with Gasteiger partial charge in [0.25, 0.3) is 5.91 Å². The molecular formula is C14H16N2O3. The third-order valence-electron chi connectivity index (χ3n) is 2.97. The quantitative estimate of drug-likeness (QED) is 0.818. The first-order chi connectivity index (χ1) is 9.20. The highest BCUT2D eigenvalue weighted by Gasteiger charge is 2.23. The van der Waals surface area contributed by atoms with Gasteiger partial charge in [0.15, 0.2) is 6.10 Å². The maximum absolute atomic E-state index is 12.1. The average Bonchev–Trinajstić information content (AvgIpc) is 2.48. The number of nitriles is 1. The van der Waals surface area contributed by atoms with Crippen LogP contribution in [0.15, 0.2) is 24.3 Å². The van der Waals surface area contributed by atoms with E-state index >= 15 is 0 Å². The van der Waals surface area contributed by atoms with E-state index in [4.69, 9.17) is 14.7 Å². The van der Waals surface area contributed by atoms with E-state index in [1.807, 2.05) is 6.07 Å². The highest BCUT2D eigenvalue weighted by molar-refractivity contribution is 5.81. The van der Waals surface area contributed by atoms with E-state index in [0.717, 1.165) is 0 Å². The normalized spacial score (nSPS) is 16.5. The lowest BCUT2D eigenvalue weighted by Crippen LogP contribution is -2.46. The van der Waals surface area contributed by atoms with Crippen molar-refractivity contribution >= 4 is 5.91 Å². The largest absolute Gasteiger partial charge is 0.481 e. The van der Waals surface area contributed by atoms with E-state index < -0.39 is 6.10 Å². The van der Waals surface area contributed by atoms with Crippen LogP contribution in [0.2, 0.25) is 0 Å². The molecule has 1 saturated heterocycles. The van der Waals surface area contributed by atoms with E-state index in [1.165, 1.54) is 0 Å². The highest BCUT2D eigenvalue weighted by Crippen LogP contribution is 2.14. The molecule has 5 nitrogen and oxygen atoms in total. The number of amides is 1. The maximum atomic E-state index is 12.1. The minimum absolute atomic E-state index is 0.0346. The summed E-state index contributed by atoms with van der Waals surface area (Å²) in [6.45, 7) is 4.11. The molecule has 1 heterocycles. The van der Waals surface area contributed by atoms with Crippen LogP contribution in [-0.4, -0.2) is 43.2 Å². The van der Waals surface area contributed by atoms with Crippen molar-refractivity contribution in [3.05, 3.63) is 29.8 Å². The highest BCUT2D eigenvalue weighted by atomic mass is 16.5. The molecule has 0 unspecified atom stereocenters. The molecule has 0 spiro atoms. The Hall–Kier alpha value is -2.06. The van der Waals surface area contributed by atoms with Crippen molar-refractivity contribution < 1.29 is 14.3 Å². The summed E-state index contributed by atoms with van der Waals surface area (Å²) < 4.78 is 10.8. The molecule has 1 aliphatic rings. The molecule has 100 valence electrons. The number of nitrogens with zero attached hydrogens (tertiary/aromatic N) is 2. The Labute approximate surface area is 112 Å². The van der Waals surface area contributed by atoms with Crippen molar-refractivity contribution in [2.45, 2.75) is 13.0 Å². The van der Waals surface area contributed by atoms with Crippen LogP contribution in [0.4, 0.5) is 0 Å². The lowest BCUT2D eigenvalue weighted by Gasteiger charge is -2.29. The van der Waals surface area contributed by atoms with E-state index in [2.05, 4.69) is 0 Å². The van der Waals surface area contributed by atoms with Gasteiger partial charge in [-0.15, -0.1) is 0 Å². The Balaban J connectivity index is 1.93. The molecule has 0 saturated carbocycles. The van der Waals surface area contributed by atoms with Crippen LogP contribution in [0.25, 0.3) is 0 Å². The Kier molecular flexibility index (Phi) is 4.37. The molecular weight excluding hydrogens is 244 g/mol. The molecule has 0 aromatic heterocycles. The molecule has 19 heavy (non-hydrogen) atoms. The lowest BCUT2D eigenvalue weighted by atomic mass is 10.2. The number of morpholine rings is 1. The zero-order valence-electron chi connectivity index (χ0n) is 10.8. The van der Waals surface area contributed by atoms with Crippen LogP contribution in [0.3, 0.4) is 0 Å². The van der Waals surface area contributed by atoms with Crippen molar-refractivity contribution in [1.82, 2.24) is 4.90 Å². The zero-order valence-corrected chi connectivity index (χ0v) is 10.8. The molecule has 0 aliphatic carbocycles. The Morgan fingerprint density at radius 1 is 1.37 bits per heavy atom. The van der Waals surface area contributed by atoms with E-state index in [9.17, 15) is 4.79 Å². The second-order valence-electron chi connectivity index (χ2n) is 4.33. The molecule has 0 bridgehead atoms. The smallest absolute Gasteiger partial charge is 0.263 e. The fraction of sp³-hybridized carbons (Fsp3) is 0.429. The molecule has 1 aliphatic heterocycles. The van der Waals surface area contributed by atoms with Crippen LogP contribution in [0, 0.1) is 11.3 Å². The molecule has 5 heteroatoms. The van der Waals surface area contributed by atoms with Gasteiger partial charge in [0.2, 0.25) is 0 Å². The predicted molar refractivity (Wildman–Crippen MR) is 68.6 cm³/mol. The monoisotopic (exact) mass is 260 g/mol. The minimum Gasteiger partial charge on any atom is -0.481 e. The van der Waals surface area contributed by atoms with Gasteiger partial charge >= 0.3 is 0 Å². The first-order valence-electron chi connectivity index (χ1n) is 6.24. The Bertz CT molecular complexity index is 472. The first kappa shape index (κ1) is 13.4. The van der Waals surface area contributed by atoms with Crippen molar-refractivity contribution in [3.8, 4) is 11.8 Å². The molecule has 1 aromatic carbocycles. The second kappa shape index (κ2) is 6.21. The van der Waals surface area contributed by atoms with E-state index in [-0.39, 0.29) is 5.91 Å². The van der Waals surface area contributed by atoms with Crippen LogP contribution in [-0.2, 0) is 9.53 Å². The predicted octanol–water partition coefficient (Wildman–Crippen LogP) is 1.18. The number of rotatable bonds is 3. The number of carbonyl (C=O) groups is 1. The summed E-state index contributed by atoms with van der Waals surface area (Å²) in [7, 11) is 0. The molecule has 1 amide bonds. The van der Waals surface area contributed by atoms with Crippen LogP contribution in [0.1, 0.15) is 12.5 Å². The summed E-state index contributed by atoms with van der Waals surface area (Å²) in [4.78, 5) is 13.9. The summed E-state index contributed by atoms with van der Waals surface area (Å²) in [6.07, 6.45) is -0.536. The molecule has 1 atom stereocenters. The van der Waals surface area contributed by atoms with Gasteiger partial charge in [-0.2, -0.15) is 5.26 Å². The fourth-order valence-electron chi connectivity index (χ4n) is 1.90. The summed E-state index contributed by atoms with van der Waals surface area (Å²) in [5, 5.41) is 8.71. The van der Waals surface area contributed by atoms with E-state index in [1.54, 1.807) is 36.1 Å². The average molecular weight is 260 g/mol. The second-order valence-corrected chi connectivity index (χ2v) is 4.33. The Morgan fingerprint density at radius 3 is 2.58 bits per heavy atom. The molecule has 1 fully saturated rings. The fourth-order valence-corrected chi connectivity index (χ4v) is 1.90. The molecule has 1 aromatic rings. The minimum atomic E-state index is -0.536. The zero-order chi connectivity index (χ0) is 13.7. The molecule has 2 rings (SSSR count). The van der Waals surface area contributed by atoms with Gasteiger partial charge in [-0.05, 0) is 31.2 Å². The standard InChI is InChI=1S/C14H16N2O3/c1-11(14(17)16-6-8-18-9-7-16)19-13-4-2-12(10-15)3-5-13/h2-5,11H,6-9H2,1H3/t11-/m0/s1. The summed E-state index contributed by atoms with van der Waals surface area (Å²) in [6, 6.07) is 8.77. The molecule has 0 N–H and O–H groups in total. The summed E-state index contributed by atoms with van der Waals surface area (Å²) >= 11 is 0. The van der Waals surface area contributed by atoms with Crippen molar-refractivity contribution in [2.75, 3.05) is 26.3 Å². The Morgan fingerprint density at radius 2 is 2.00 bits per heavy atom. The van der Waals surface area contributed by atoms with Crippen LogP contribution in [0.5, 0.6) is 5.75 Å². The van der Waals surface area contributed by atoms with Crippen molar-refractivity contribution in [3.63, 3.8) is 0 Å². The maximum Gasteiger partial charge on any atom is 0.263 e. The van der Waals surface area contributed by atoms with Gasteiger partial charge < -0.3 is 14.4 Å². The molecule has 0 radical (unpaired) electrons. The number of benzene rings is 1. The SMILES string of the molecule is C[C@H](Oc1ccc(C#N)cc1)C(=O)N1CCOCC1. The third kappa shape index (κ3) is 3.46. The van der Waals surface area contributed by atoms with Gasteiger partial charge in [-0.25, -0.2) is 0 Å². The van der Waals surface area contributed by atoms with Crippen molar-refractivity contribution in [1.29, 1.82) is 5.26 Å². The van der Waals surface area contributed by atoms with Gasteiger partial charge in [-0.3, -0.25) is 4.79 Å². The van der Waals surface area contributed by atoms with Crippen molar-refractivity contribution in [2.24, 2.45) is 0 Å². The lowest BCUT2D eigenvalue weighted by molar-refractivity contribution is -0.142. The summed E-state index contributed by atoms with van der Waals surface area (Å²) in [5.41, 5.74) is 0.569. The first-order valence-corrected chi connectivity index (χ1v) is 6.24. The van der Waals surface area contributed by atoms with Gasteiger partial charge in [-0.1, -0.05) is 0 Å².